The van der Waals surface area contributed by atoms with Crippen LogP contribution in [0.15, 0.2) is 24.5 Å². The van der Waals surface area contributed by atoms with Crippen LogP contribution in [-0.4, -0.2) is 72.2 Å². The molecular weight excluding hydrogens is 485 g/mol. The highest BCUT2D eigenvalue weighted by molar-refractivity contribution is 5.92. The molecule has 3 aromatic heterocycles. The number of amides is 1. The minimum Gasteiger partial charge on any atom is -0.465 e. The van der Waals surface area contributed by atoms with Gasteiger partial charge in [-0.05, 0) is 12.1 Å². The molecule has 0 aromatic carbocycles. The van der Waals surface area contributed by atoms with Crippen LogP contribution in [0.1, 0.15) is 29.8 Å². The van der Waals surface area contributed by atoms with E-state index in [-0.39, 0.29) is 17.2 Å². The van der Waals surface area contributed by atoms with Crippen LogP contribution in [0.5, 0.6) is 0 Å². The Kier molecular flexibility index (Phi) is 8.29. The lowest BCUT2D eigenvalue weighted by atomic mass is 10.1. The number of esters is 1. The molecule has 3 aromatic rings. The molecule has 0 saturated carbocycles. The van der Waals surface area contributed by atoms with Crippen molar-refractivity contribution < 1.29 is 37.0 Å². The molecule has 4 rings (SSSR count). The summed E-state index contributed by atoms with van der Waals surface area (Å²) in [5, 5.41) is 6.31. The molecule has 11 nitrogen and oxygen atoms in total. The number of morpholine rings is 1. The third kappa shape index (κ3) is 5.64. The minimum atomic E-state index is -4.81. The van der Waals surface area contributed by atoms with E-state index in [1.54, 1.807) is 0 Å². The summed E-state index contributed by atoms with van der Waals surface area (Å²) < 4.78 is 57.6. The average molecular weight is 510 g/mol. The number of rotatable bonds is 4. The zero-order chi connectivity index (χ0) is 26.5. The predicted octanol–water partition coefficient (Wildman–Crippen LogP) is 3.64. The summed E-state index contributed by atoms with van der Waals surface area (Å²) in [7, 11) is 2.29. The maximum atomic E-state index is 13.9. The number of hydrogen-bond donors (Lipinski definition) is 1. The van der Waals surface area contributed by atoms with Gasteiger partial charge >= 0.3 is 18.2 Å². The van der Waals surface area contributed by atoms with E-state index in [0.717, 1.165) is 13.3 Å². The number of halogens is 3. The number of ether oxygens (including phenoxy) is 3. The summed E-state index contributed by atoms with van der Waals surface area (Å²) in [6.07, 6.45) is -3.51. The molecule has 1 saturated heterocycles. The first-order valence-electron chi connectivity index (χ1n) is 10.9. The van der Waals surface area contributed by atoms with Gasteiger partial charge in [0.15, 0.2) is 11.6 Å². The SMILES string of the molecule is CC.COC(=O)Nc1cc(C(F)(F)F)c(-c2nc(N3CCOCC3)c3cc(C(=O)OC)cn3n2)cn1. The van der Waals surface area contributed by atoms with Gasteiger partial charge in [0.2, 0.25) is 0 Å². The van der Waals surface area contributed by atoms with E-state index < -0.39 is 29.4 Å². The summed E-state index contributed by atoms with van der Waals surface area (Å²) >= 11 is 0. The van der Waals surface area contributed by atoms with Crippen LogP contribution in [-0.2, 0) is 20.4 Å². The van der Waals surface area contributed by atoms with Crippen molar-refractivity contribution in [3.8, 4) is 11.4 Å². The fraction of sp³-hybridized carbons (Fsp3) is 0.409. The maximum Gasteiger partial charge on any atom is 0.417 e. The van der Waals surface area contributed by atoms with E-state index in [0.29, 0.717) is 43.7 Å². The zero-order valence-corrected chi connectivity index (χ0v) is 20.0. The number of pyridine rings is 1. The molecule has 1 aliphatic rings. The number of anilines is 2. The summed E-state index contributed by atoms with van der Waals surface area (Å²) in [6, 6.07) is 2.18. The van der Waals surface area contributed by atoms with E-state index >= 15 is 0 Å². The van der Waals surface area contributed by atoms with E-state index in [4.69, 9.17) is 9.47 Å². The molecule has 4 heterocycles. The number of nitrogens with zero attached hydrogens (tertiary/aromatic N) is 5. The van der Waals surface area contributed by atoms with Crippen LogP contribution in [0.2, 0.25) is 0 Å². The Bertz CT molecular complexity index is 1240. The van der Waals surface area contributed by atoms with Crippen molar-refractivity contribution in [1.29, 1.82) is 0 Å². The molecule has 0 atom stereocenters. The lowest BCUT2D eigenvalue weighted by Gasteiger charge is -2.28. The van der Waals surface area contributed by atoms with Crippen LogP contribution in [0.25, 0.3) is 16.9 Å². The van der Waals surface area contributed by atoms with Gasteiger partial charge < -0.3 is 19.1 Å². The monoisotopic (exact) mass is 510 g/mol. The first-order valence-corrected chi connectivity index (χ1v) is 10.9. The highest BCUT2D eigenvalue weighted by atomic mass is 19.4. The highest BCUT2D eigenvalue weighted by Crippen LogP contribution is 2.37. The lowest BCUT2D eigenvalue weighted by molar-refractivity contribution is -0.137. The molecule has 0 unspecified atom stereocenters. The standard InChI is InChI=1S/C20H19F3N6O5.C2H6/c1-32-18(30)11-7-14-17(28-3-5-34-6-4-28)26-16(27-29(14)10-11)12-9-24-15(25-19(31)33-2)8-13(12)20(21,22)23;1-2/h7-10H,3-6H2,1-2H3,(H,24,25,31);1-2H3. The molecular formula is C22H25F3N6O5. The number of alkyl halides is 3. The van der Waals surface area contributed by atoms with E-state index in [2.05, 4.69) is 25.1 Å². The van der Waals surface area contributed by atoms with Gasteiger partial charge in [0.05, 0.1) is 44.1 Å². The molecule has 0 spiro atoms. The average Bonchev–Trinajstić information content (AvgIpc) is 3.33. The summed E-state index contributed by atoms with van der Waals surface area (Å²) in [5.74, 6) is -0.930. The number of fused-ring (bicyclic) bond motifs is 1. The molecule has 14 heteroatoms. The number of carbonyl (C=O) groups is 2. The van der Waals surface area contributed by atoms with E-state index in [1.165, 1.54) is 23.9 Å². The second-order valence-corrected chi connectivity index (χ2v) is 7.14. The van der Waals surface area contributed by atoms with E-state index in [9.17, 15) is 22.8 Å². The van der Waals surface area contributed by atoms with Gasteiger partial charge in [-0.3, -0.25) is 5.32 Å². The minimum absolute atomic E-state index is 0.162. The molecule has 0 aliphatic carbocycles. The summed E-state index contributed by atoms with van der Waals surface area (Å²) in [4.78, 5) is 33.6. The highest BCUT2D eigenvalue weighted by Gasteiger charge is 2.36. The number of hydrogen-bond acceptors (Lipinski definition) is 9. The number of carbonyl (C=O) groups excluding carboxylic acids is 2. The lowest BCUT2D eigenvalue weighted by Crippen LogP contribution is -2.37. The molecule has 1 aliphatic heterocycles. The largest absolute Gasteiger partial charge is 0.465 e. The van der Waals surface area contributed by atoms with Gasteiger partial charge in [-0.1, -0.05) is 13.8 Å². The van der Waals surface area contributed by atoms with Gasteiger partial charge in [-0.15, -0.1) is 5.10 Å². The summed E-state index contributed by atoms with van der Waals surface area (Å²) in [5.41, 5.74) is -0.944. The number of aromatic nitrogens is 4. The fourth-order valence-electron chi connectivity index (χ4n) is 3.43. The van der Waals surface area contributed by atoms with Gasteiger partial charge in [-0.25, -0.2) is 24.1 Å². The zero-order valence-electron chi connectivity index (χ0n) is 20.0. The van der Waals surface area contributed by atoms with Crippen molar-refractivity contribution >= 4 is 29.2 Å². The van der Waals surface area contributed by atoms with Crippen molar-refractivity contribution in [2.45, 2.75) is 20.0 Å². The van der Waals surface area contributed by atoms with Crippen LogP contribution in [0.4, 0.5) is 29.6 Å². The Hall–Kier alpha value is -3.94. The Labute approximate surface area is 204 Å². The smallest absolute Gasteiger partial charge is 0.417 e. The Morgan fingerprint density at radius 1 is 1.11 bits per heavy atom. The Balaban J connectivity index is 0.00000176. The maximum absolute atomic E-state index is 13.9. The van der Waals surface area contributed by atoms with Crippen LogP contribution in [0.3, 0.4) is 0 Å². The normalized spacial score (nSPS) is 13.6. The topological polar surface area (TPSA) is 120 Å². The van der Waals surface area contributed by atoms with Gasteiger partial charge in [-0.2, -0.15) is 13.2 Å². The second-order valence-electron chi connectivity index (χ2n) is 7.14. The molecule has 1 amide bonds. The Morgan fingerprint density at radius 3 is 2.42 bits per heavy atom. The van der Waals surface area contributed by atoms with Crippen molar-refractivity contribution in [1.82, 2.24) is 19.6 Å². The predicted molar refractivity (Wildman–Crippen MR) is 123 cm³/mol. The number of methoxy groups -OCH3 is 2. The molecule has 0 bridgehead atoms. The molecule has 36 heavy (non-hydrogen) atoms. The molecule has 0 radical (unpaired) electrons. The van der Waals surface area contributed by atoms with E-state index in [1.807, 2.05) is 18.7 Å². The third-order valence-electron chi connectivity index (χ3n) is 5.04. The second kappa shape index (κ2) is 11.2. The van der Waals surface area contributed by atoms with Crippen molar-refractivity contribution in [2.24, 2.45) is 0 Å². The van der Waals surface area contributed by atoms with Crippen LogP contribution < -0.4 is 10.2 Å². The quantitative estimate of drug-likeness (QED) is 0.525. The van der Waals surface area contributed by atoms with Crippen molar-refractivity contribution in [2.75, 3.05) is 50.7 Å². The number of nitrogens with one attached hydrogen (secondary N) is 1. The first-order chi connectivity index (χ1) is 17.2. The van der Waals surface area contributed by atoms with Crippen molar-refractivity contribution in [3.05, 3.63) is 35.7 Å². The van der Waals surface area contributed by atoms with Gasteiger partial charge in [0, 0.05) is 25.5 Å². The van der Waals surface area contributed by atoms with Crippen molar-refractivity contribution in [3.63, 3.8) is 0 Å². The Morgan fingerprint density at radius 2 is 1.81 bits per heavy atom. The molecule has 1 N–H and O–H groups in total. The third-order valence-corrected chi connectivity index (χ3v) is 5.04. The van der Waals surface area contributed by atoms with Crippen LogP contribution >= 0.6 is 0 Å². The molecule has 1 fully saturated rings. The summed E-state index contributed by atoms with van der Waals surface area (Å²) in [6.45, 7) is 5.69. The van der Waals surface area contributed by atoms with Gasteiger partial charge in [0.25, 0.3) is 0 Å². The van der Waals surface area contributed by atoms with Crippen LogP contribution in [0, 0.1) is 0 Å². The van der Waals surface area contributed by atoms with Gasteiger partial charge in [0.1, 0.15) is 11.3 Å². The molecule has 194 valence electrons. The fourth-order valence-corrected chi connectivity index (χ4v) is 3.43. The first kappa shape index (κ1) is 26.7.